The minimum atomic E-state index is -5.27. The van der Waals surface area contributed by atoms with Gasteiger partial charge in [-0.1, -0.05) is 39.8 Å². The van der Waals surface area contributed by atoms with E-state index in [1.54, 1.807) is 27.7 Å². The molecule has 11 N–H and O–H groups in total. The number of phenolic OH excluding ortho intramolecular Hbond substituents is 1. The standard InChI is InChI=1S/C41H63N8O15P/c1-22(2)16-29(45-37(56)30(19-34(52)53)44-35(54)28(42)18-25-10-12-27(51)13-11-25)36(55)47-32(21-64-65(61,62)63)38(57)46-31(17-23(3)4)41(60)49-15-7-9-33(49)39(58)43-24(5)40(59)48-14-6-8-26(48)20-50/h10-13,20,22-24,26,28-33,51H,6-9,14-19,21,42H2,1-5H3,(H,43,58)(H,44,54)(H,45,56)(H,46,57)(H,47,55)(H,52,53)(H2,61,62,63)/t24-,26-,28-,29-,30-,31-,32-,33-/m0/s1. The molecular formula is C41H63N8O15P. The van der Waals surface area contributed by atoms with Crippen molar-refractivity contribution in [3.8, 4) is 5.75 Å². The molecule has 3 rings (SSSR count). The van der Waals surface area contributed by atoms with E-state index < -0.39 is 117 Å². The minimum Gasteiger partial charge on any atom is -0.508 e. The highest BCUT2D eigenvalue weighted by molar-refractivity contribution is 7.46. The Morgan fingerprint density at radius 2 is 1.28 bits per heavy atom. The molecule has 2 saturated heterocycles. The molecule has 0 unspecified atom stereocenters. The molecule has 23 nitrogen and oxygen atoms in total. The third kappa shape index (κ3) is 17.1. The number of likely N-dealkylation sites (tertiary alicyclic amines) is 2. The van der Waals surface area contributed by atoms with E-state index in [9.17, 15) is 67.7 Å². The van der Waals surface area contributed by atoms with E-state index in [0.29, 0.717) is 37.7 Å². The van der Waals surface area contributed by atoms with Crippen LogP contribution in [0.3, 0.4) is 0 Å². The van der Waals surface area contributed by atoms with Crippen LogP contribution in [0.25, 0.3) is 0 Å². The Bertz CT molecular complexity index is 1930. The maximum absolute atomic E-state index is 14.2. The van der Waals surface area contributed by atoms with E-state index in [1.807, 2.05) is 0 Å². The van der Waals surface area contributed by atoms with Crippen molar-refractivity contribution in [2.45, 2.75) is 134 Å². The predicted molar refractivity (Wildman–Crippen MR) is 230 cm³/mol. The van der Waals surface area contributed by atoms with Crippen molar-refractivity contribution in [1.29, 1.82) is 0 Å². The number of phosphoric acid groups is 1. The average Bonchev–Trinajstić information content (AvgIpc) is 3.91. The second-order valence-electron chi connectivity index (χ2n) is 17.2. The second-order valence-corrected chi connectivity index (χ2v) is 18.4. The SMILES string of the molecule is CC(C)C[C@H](NC(=O)[C@H](CC(=O)O)NC(=O)[C@@H](N)Cc1ccc(O)cc1)C(=O)N[C@@H](COP(=O)(O)O)C(=O)N[C@@H](CC(C)C)C(=O)N1CCC[C@H]1C(=O)N[C@@H](C)C(=O)N1CCC[C@H]1C=O. The van der Waals surface area contributed by atoms with Crippen LogP contribution in [0.4, 0.5) is 0 Å². The summed E-state index contributed by atoms with van der Waals surface area (Å²) in [6.07, 6.45) is 1.36. The number of phosphoric ester groups is 1. The normalized spacial score (nSPS) is 19.0. The lowest BCUT2D eigenvalue weighted by atomic mass is 10.0. The van der Waals surface area contributed by atoms with Crippen LogP contribution in [0.15, 0.2) is 24.3 Å². The fourth-order valence-electron chi connectivity index (χ4n) is 7.54. The van der Waals surface area contributed by atoms with Gasteiger partial charge in [-0.05, 0) is 81.4 Å². The number of hydrogen-bond donors (Lipinski definition) is 10. The van der Waals surface area contributed by atoms with Crippen LogP contribution in [-0.2, 0) is 58.7 Å². The van der Waals surface area contributed by atoms with Crippen LogP contribution in [0.1, 0.15) is 85.1 Å². The molecule has 362 valence electrons. The third-order valence-corrected chi connectivity index (χ3v) is 11.2. The number of hydrogen-bond acceptors (Lipinski definition) is 13. The van der Waals surface area contributed by atoms with Gasteiger partial charge < -0.3 is 66.9 Å². The van der Waals surface area contributed by atoms with Gasteiger partial charge >= 0.3 is 13.8 Å². The summed E-state index contributed by atoms with van der Waals surface area (Å²) in [5.41, 5.74) is 6.58. The first kappa shape index (κ1) is 53.9. The van der Waals surface area contributed by atoms with E-state index in [2.05, 4.69) is 31.1 Å². The van der Waals surface area contributed by atoms with Crippen LogP contribution < -0.4 is 32.3 Å². The highest BCUT2D eigenvalue weighted by Gasteiger charge is 2.41. The molecule has 0 aliphatic carbocycles. The van der Waals surface area contributed by atoms with Gasteiger partial charge in [0.05, 0.1) is 25.1 Å². The number of amides is 7. The molecule has 0 radical (unpaired) electrons. The number of benzene rings is 1. The number of nitrogens with two attached hydrogens (primary N) is 1. The Morgan fingerprint density at radius 1 is 0.754 bits per heavy atom. The van der Waals surface area contributed by atoms with Gasteiger partial charge in [0, 0.05) is 13.1 Å². The number of carboxylic acids is 1. The zero-order chi connectivity index (χ0) is 48.8. The molecule has 65 heavy (non-hydrogen) atoms. The van der Waals surface area contributed by atoms with E-state index in [-0.39, 0.29) is 49.8 Å². The number of nitrogens with zero attached hydrogens (tertiary/aromatic N) is 2. The molecule has 24 heteroatoms. The summed E-state index contributed by atoms with van der Waals surface area (Å²) in [4.78, 5) is 140. The van der Waals surface area contributed by atoms with Gasteiger partial charge in [0.1, 0.15) is 48.3 Å². The molecule has 0 spiro atoms. The van der Waals surface area contributed by atoms with Crippen molar-refractivity contribution >= 4 is 61.4 Å². The number of aldehydes is 1. The van der Waals surface area contributed by atoms with Gasteiger partial charge in [-0.3, -0.25) is 42.9 Å². The first-order valence-electron chi connectivity index (χ1n) is 21.4. The van der Waals surface area contributed by atoms with Crippen LogP contribution >= 0.6 is 7.82 Å². The summed E-state index contributed by atoms with van der Waals surface area (Å²) < 4.78 is 16.4. The van der Waals surface area contributed by atoms with E-state index in [1.165, 1.54) is 41.0 Å². The number of aromatic hydroxyl groups is 1. The van der Waals surface area contributed by atoms with Gasteiger partial charge in [-0.2, -0.15) is 0 Å². The van der Waals surface area contributed by atoms with Crippen LogP contribution in [0.2, 0.25) is 0 Å². The Kier molecular flexibility index (Phi) is 20.5. The molecule has 2 aliphatic rings. The molecule has 2 heterocycles. The van der Waals surface area contributed by atoms with Crippen molar-refractivity contribution in [2.75, 3.05) is 19.7 Å². The molecule has 8 atom stereocenters. The van der Waals surface area contributed by atoms with Gasteiger partial charge in [-0.15, -0.1) is 0 Å². The number of carboxylic acid groups (broad SMARTS) is 1. The molecule has 0 saturated carbocycles. The van der Waals surface area contributed by atoms with Crippen molar-refractivity contribution in [1.82, 2.24) is 36.4 Å². The number of rotatable bonds is 24. The second kappa shape index (κ2) is 24.7. The lowest BCUT2D eigenvalue weighted by Gasteiger charge is -2.32. The van der Waals surface area contributed by atoms with E-state index >= 15 is 0 Å². The average molecular weight is 939 g/mol. The first-order chi connectivity index (χ1) is 30.4. The molecule has 2 fully saturated rings. The topological polar surface area (TPSA) is 353 Å². The summed E-state index contributed by atoms with van der Waals surface area (Å²) in [6, 6.07) is -4.64. The summed E-state index contributed by atoms with van der Waals surface area (Å²) in [5, 5.41) is 31.2. The lowest BCUT2D eigenvalue weighted by Crippen LogP contribution is -2.61. The molecule has 0 aromatic heterocycles. The quantitative estimate of drug-likeness (QED) is 0.0419. The zero-order valence-electron chi connectivity index (χ0n) is 37.1. The van der Waals surface area contributed by atoms with Crippen LogP contribution in [0.5, 0.6) is 5.75 Å². The molecule has 0 bridgehead atoms. The fraction of sp³-hybridized carbons (Fsp3) is 0.634. The monoisotopic (exact) mass is 938 g/mol. The molecule has 1 aromatic rings. The summed E-state index contributed by atoms with van der Waals surface area (Å²) in [6.45, 7) is 7.66. The van der Waals surface area contributed by atoms with E-state index in [0.717, 1.165) is 0 Å². The summed E-state index contributed by atoms with van der Waals surface area (Å²) >= 11 is 0. The number of phenols is 1. The number of aliphatic carboxylic acids is 1. The number of carbonyl (C=O) groups excluding carboxylic acids is 8. The largest absolute Gasteiger partial charge is 0.508 e. The Morgan fingerprint density at radius 3 is 1.86 bits per heavy atom. The molecular weight excluding hydrogens is 875 g/mol. The Hall–Kier alpha value is -5.48. The minimum absolute atomic E-state index is 0.00761. The van der Waals surface area contributed by atoms with Gasteiger partial charge in [0.2, 0.25) is 41.4 Å². The Labute approximate surface area is 376 Å². The lowest BCUT2D eigenvalue weighted by molar-refractivity contribution is -0.144. The van der Waals surface area contributed by atoms with Crippen molar-refractivity contribution in [3.05, 3.63) is 29.8 Å². The van der Waals surface area contributed by atoms with Crippen molar-refractivity contribution in [3.63, 3.8) is 0 Å². The summed E-state index contributed by atoms with van der Waals surface area (Å²) in [7, 11) is -5.27. The van der Waals surface area contributed by atoms with Crippen LogP contribution in [0, 0.1) is 11.8 Å². The van der Waals surface area contributed by atoms with Gasteiger partial charge in [0.25, 0.3) is 0 Å². The number of nitrogens with one attached hydrogen (secondary N) is 5. The fourth-order valence-corrected chi connectivity index (χ4v) is 7.88. The third-order valence-electron chi connectivity index (χ3n) is 10.8. The van der Waals surface area contributed by atoms with Gasteiger partial charge in [-0.25, -0.2) is 4.57 Å². The maximum atomic E-state index is 14.2. The molecule has 1 aromatic carbocycles. The maximum Gasteiger partial charge on any atom is 0.469 e. The highest BCUT2D eigenvalue weighted by Crippen LogP contribution is 2.35. The first-order valence-corrected chi connectivity index (χ1v) is 23.0. The summed E-state index contributed by atoms with van der Waals surface area (Å²) in [5.74, 6) is -8.09. The van der Waals surface area contributed by atoms with Gasteiger partial charge in [0.15, 0.2) is 0 Å². The molecule has 7 amide bonds. The van der Waals surface area contributed by atoms with E-state index in [4.69, 9.17) is 5.73 Å². The Balaban J connectivity index is 1.80. The predicted octanol–water partition coefficient (Wildman–Crippen LogP) is -1.44. The van der Waals surface area contributed by atoms with Crippen molar-refractivity contribution in [2.24, 2.45) is 17.6 Å². The van der Waals surface area contributed by atoms with Crippen LogP contribution in [-0.4, -0.2) is 151 Å². The smallest absolute Gasteiger partial charge is 0.469 e. The van der Waals surface area contributed by atoms with Crippen molar-refractivity contribution < 1.29 is 72.2 Å². The number of carbonyl (C=O) groups is 9. The highest BCUT2D eigenvalue weighted by atomic mass is 31.2. The zero-order valence-corrected chi connectivity index (χ0v) is 38.0. The molecule has 2 aliphatic heterocycles.